The third-order valence-corrected chi connectivity index (χ3v) is 4.26. The van der Waals surface area contributed by atoms with Crippen molar-refractivity contribution in [1.82, 2.24) is 0 Å². The highest BCUT2D eigenvalue weighted by Gasteiger charge is 2.13. The average molecular weight is 411 g/mol. The first-order valence-corrected chi connectivity index (χ1v) is 8.29. The highest BCUT2D eigenvalue weighted by molar-refractivity contribution is 9.08. The van der Waals surface area contributed by atoms with E-state index in [1.54, 1.807) is 25.3 Å². The van der Waals surface area contributed by atoms with E-state index in [-0.39, 0.29) is 0 Å². The number of rotatable bonds is 5. The minimum Gasteiger partial charge on any atom is -0.493 e. The van der Waals surface area contributed by atoms with Gasteiger partial charge in [0.2, 0.25) is 0 Å². The first-order valence-electron chi connectivity index (χ1n) is 6.04. The lowest BCUT2D eigenvalue weighted by atomic mass is 10.2. The van der Waals surface area contributed by atoms with Crippen LogP contribution in [-0.4, -0.2) is 7.11 Å². The quantitative estimate of drug-likeness (QED) is 0.552. The topological polar surface area (TPSA) is 18.5 Å². The molecule has 112 valence electrons. The van der Waals surface area contributed by atoms with Crippen LogP contribution in [0.3, 0.4) is 0 Å². The van der Waals surface area contributed by atoms with Crippen molar-refractivity contribution in [2.75, 3.05) is 7.11 Å². The third kappa shape index (κ3) is 4.19. The number of alkyl halides is 1. The fourth-order valence-corrected chi connectivity index (χ4v) is 2.94. The van der Waals surface area contributed by atoms with Crippen LogP contribution < -0.4 is 9.47 Å². The summed E-state index contributed by atoms with van der Waals surface area (Å²) in [5.41, 5.74) is 1.75. The van der Waals surface area contributed by atoms with Gasteiger partial charge in [0, 0.05) is 37.6 Å². The van der Waals surface area contributed by atoms with Gasteiger partial charge in [-0.25, -0.2) is 0 Å². The molecule has 6 heteroatoms. The number of halogens is 4. The molecular formula is C15H12BrCl3O2. The fraction of sp³-hybridized carbons (Fsp3) is 0.200. The summed E-state index contributed by atoms with van der Waals surface area (Å²) in [6.45, 7) is 0.313. The maximum absolute atomic E-state index is 6.14. The number of ether oxygens (including phenoxy) is 2. The van der Waals surface area contributed by atoms with E-state index in [1.165, 1.54) is 0 Å². The van der Waals surface area contributed by atoms with Crippen LogP contribution in [0, 0.1) is 0 Å². The normalized spacial score (nSPS) is 10.5. The zero-order chi connectivity index (χ0) is 15.4. The van der Waals surface area contributed by atoms with Crippen molar-refractivity contribution in [3.05, 3.63) is 56.5 Å². The summed E-state index contributed by atoms with van der Waals surface area (Å²) in [5, 5.41) is 2.36. The molecule has 0 spiro atoms. The maximum Gasteiger partial charge on any atom is 0.165 e. The Morgan fingerprint density at radius 3 is 2.38 bits per heavy atom. The Kier molecular flexibility index (Phi) is 6.06. The number of benzene rings is 2. The second-order valence-corrected chi connectivity index (χ2v) is 6.10. The minimum atomic E-state index is 0.313. The molecule has 0 heterocycles. The number of methoxy groups -OCH3 is 1. The Balaban J connectivity index is 2.26. The van der Waals surface area contributed by atoms with Crippen LogP contribution in [0.4, 0.5) is 0 Å². The van der Waals surface area contributed by atoms with Crippen LogP contribution in [0.25, 0.3) is 0 Å². The molecule has 2 nitrogen and oxygen atoms in total. The predicted molar refractivity (Wildman–Crippen MR) is 91.4 cm³/mol. The summed E-state index contributed by atoms with van der Waals surface area (Å²) in [4.78, 5) is 0. The van der Waals surface area contributed by atoms with Gasteiger partial charge in [-0.15, -0.1) is 0 Å². The third-order valence-electron chi connectivity index (χ3n) is 2.85. The van der Waals surface area contributed by atoms with Gasteiger partial charge in [0.1, 0.15) is 6.61 Å². The molecule has 0 saturated carbocycles. The van der Waals surface area contributed by atoms with Gasteiger partial charge in [-0.05, 0) is 18.2 Å². The molecule has 0 aliphatic heterocycles. The van der Waals surface area contributed by atoms with Crippen LogP contribution in [0.15, 0.2) is 30.3 Å². The standard InChI is InChI=1S/C15H12BrCl3O2/c1-20-14-6-12(18)4-10(7-16)15(14)21-8-9-2-3-11(17)5-13(9)19/h2-6H,7-8H2,1H3. The number of hydrogen-bond donors (Lipinski definition) is 0. The smallest absolute Gasteiger partial charge is 0.165 e. The Labute approximate surface area is 147 Å². The molecule has 0 amide bonds. The van der Waals surface area contributed by atoms with E-state index >= 15 is 0 Å². The average Bonchev–Trinajstić information content (AvgIpc) is 2.46. The zero-order valence-corrected chi connectivity index (χ0v) is 15.0. The van der Waals surface area contributed by atoms with Crippen molar-refractivity contribution >= 4 is 50.7 Å². The minimum absolute atomic E-state index is 0.313. The molecule has 2 aromatic carbocycles. The van der Waals surface area contributed by atoms with E-state index in [1.807, 2.05) is 12.1 Å². The summed E-state index contributed by atoms with van der Waals surface area (Å²) < 4.78 is 11.2. The van der Waals surface area contributed by atoms with Crippen LogP contribution in [0.2, 0.25) is 15.1 Å². The Morgan fingerprint density at radius 2 is 1.76 bits per heavy atom. The lowest BCUT2D eigenvalue weighted by molar-refractivity contribution is 0.282. The van der Waals surface area contributed by atoms with Crippen molar-refractivity contribution in [2.45, 2.75) is 11.9 Å². The Hall–Kier alpha value is -0.610. The van der Waals surface area contributed by atoms with Crippen molar-refractivity contribution in [3.8, 4) is 11.5 Å². The van der Waals surface area contributed by atoms with E-state index in [0.29, 0.717) is 38.5 Å². The molecule has 0 radical (unpaired) electrons. The van der Waals surface area contributed by atoms with E-state index in [4.69, 9.17) is 44.3 Å². The van der Waals surface area contributed by atoms with Crippen molar-refractivity contribution in [2.24, 2.45) is 0 Å². The summed E-state index contributed by atoms with van der Waals surface area (Å²) in [7, 11) is 1.58. The fourth-order valence-electron chi connectivity index (χ4n) is 1.83. The van der Waals surface area contributed by atoms with Crippen LogP contribution in [0.5, 0.6) is 11.5 Å². The van der Waals surface area contributed by atoms with Gasteiger partial charge in [0.05, 0.1) is 7.11 Å². The molecule has 0 aliphatic carbocycles. The van der Waals surface area contributed by atoms with Crippen molar-refractivity contribution in [1.29, 1.82) is 0 Å². The molecule has 0 N–H and O–H groups in total. The van der Waals surface area contributed by atoms with Gasteiger partial charge < -0.3 is 9.47 Å². The van der Waals surface area contributed by atoms with Gasteiger partial charge in [0.25, 0.3) is 0 Å². The molecule has 0 saturated heterocycles. The molecule has 0 aromatic heterocycles. The second kappa shape index (κ2) is 7.59. The summed E-state index contributed by atoms with van der Waals surface area (Å²) in [6.07, 6.45) is 0. The SMILES string of the molecule is COc1cc(Cl)cc(CBr)c1OCc1ccc(Cl)cc1Cl. The summed E-state index contributed by atoms with van der Waals surface area (Å²) >= 11 is 21.5. The first-order chi connectivity index (χ1) is 10.0. The van der Waals surface area contributed by atoms with Gasteiger partial charge in [0.15, 0.2) is 11.5 Å². The highest BCUT2D eigenvalue weighted by Crippen LogP contribution is 2.36. The summed E-state index contributed by atoms with van der Waals surface area (Å²) in [6, 6.07) is 8.84. The first kappa shape index (κ1) is 16.8. The molecule has 0 atom stereocenters. The lowest BCUT2D eigenvalue weighted by Crippen LogP contribution is -2.01. The molecule has 21 heavy (non-hydrogen) atoms. The van der Waals surface area contributed by atoms with Crippen LogP contribution >= 0.6 is 50.7 Å². The Bertz CT molecular complexity index is 622. The largest absolute Gasteiger partial charge is 0.493 e. The van der Waals surface area contributed by atoms with Gasteiger partial charge in [-0.3, -0.25) is 0 Å². The van der Waals surface area contributed by atoms with E-state index in [2.05, 4.69) is 15.9 Å². The summed E-state index contributed by atoms with van der Waals surface area (Å²) in [5.74, 6) is 1.23. The van der Waals surface area contributed by atoms with Crippen molar-refractivity contribution in [3.63, 3.8) is 0 Å². The molecule has 0 aliphatic rings. The zero-order valence-electron chi connectivity index (χ0n) is 11.1. The van der Waals surface area contributed by atoms with E-state index in [9.17, 15) is 0 Å². The molecular weight excluding hydrogens is 398 g/mol. The van der Waals surface area contributed by atoms with Gasteiger partial charge >= 0.3 is 0 Å². The van der Waals surface area contributed by atoms with Gasteiger partial charge in [-0.1, -0.05) is 56.8 Å². The molecule has 0 unspecified atom stereocenters. The van der Waals surface area contributed by atoms with Crippen LogP contribution in [-0.2, 0) is 11.9 Å². The number of hydrogen-bond acceptors (Lipinski definition) is 2. The molecule has 0 bridgehead atoms. The van der Waals surface area contributed by atoms with Gasteiger partial charge in [-0.2, -0.15) is 0 Å². The lowest BCUT2D eigenvalue weighted by Gasteiger charge is -2.15. The van der Waals surface area contributed by atoms with Crippen LogP contribution in [0.1, 0.15) is 11.1 Å². The monoisotopic (exact) mass is 408 g/mol. The van der Waals surface area contributed by atoms with E-state index in [0.717, 1.165) is 11.1 Å². The molecule has 2 rings (SSSR count). The highest BCUT2D eigenvalue weighted by atomic mass is 79.9. The predicted octanol–water partition coefficient (Wildman–Crippen LogP) is 6.13. The second-order valence-electron chi connectivity index (χ2n) is 4.25. The Morgan fingerprint density at radius 1 is 1.00 bits per heavy atom. The van der Waals surface area contributed by atoms with Crippen molar-refractivity contribution < 1.29 is 9.47 Å². The molecule has 2 aromatic rings. The maximum atomic E-state index is 6.14. The molecule has 0 fully saturated rings. The van der Waals surface area contributed by atoms with E-state index < -0.39 is 0 Å².